The van der Waals surface area contributed by atoms with Crippen molar-refractivity contribution in [1.29, 1.82) is 0 Å². The van der Waals surface area contributed by atoms with Crippen molar-refractivity contribution in [3.63, 3.8) is 0 Å². The van der Waals surface area contributed by atoms with Crippen molar-refractivity contribution in [2.75, 3.05) is 45.8 Å². The van der Waals surface area contributed by atoms with Crippen LogP contribution in [-0.2, 0) is 29.0 Å². The summed E-state index contributed by atoms with van der Waals surface area (Å²) in [6.45, 7) is 9.01. The van der Waals surface area contributed by atoms with Gasteiger partial charge in [-0.1, -0.05) is 24.6 Å². The number of carbonyl (C=O) groups excluding carboxylic acids is 1. The zero-order valence-corrected chi connectivity index (χ0v) is 27.4. The summed E-state index contributed by atoms with van der Waals surface area (Å²) in [5, 5.41) is 0. The molecule has 0 aliphatic carbocycles. The molecule has 3 fully saturated rings. The van der Waals surface area contributed by atoms with Crippen LogP contribution in [0.15, 0.2) is 42.5 Å². The van der Waals surface area contributed by atoms with E-state index >= 15 is 0 Å². The fourth-order valence-corrected chi connectivity index (χ4v) is 7.74. The number of likely N-dealkylation sites (tertiary alicyclic amines) is 3. The van der Waals surface area contributed by atoms with E-state index in [0.717, 1.165) is 44.6 Å². The highest BCUT2D eigenvalue weighted by Crippen LogP contribution is 2.45. The van der Waals surface area contributed by atoms with Crippen LogP contribution < -0.4 is 4.74 Å². The molecule has 2 aromatic carbocycles. The third kappa shape index (κ3) is 9.02. The van der Waals surface area contributed by atoms with Crippen molar-refractivity contribution in [2.24, 2.45) is 0 Å². The lowest BCUT2D eigenvalue weighted by atomic mass is 9.70. The van der Waals surface area contributed by atoms with Gasteiger partial charge in [0.2, 0.25) is 5.91 Å². The predicted molar refractivity (Wildman–Crippen MR) is 169 cm³/mol. The first-order valence-electron chi connectivity index (χ1n) is 17.0. The minimum atomic E-state index is -5.17. The number of hydrogen-bond acceptors (Lipinski definition) is 4. The van der Waals surface area contributed by atoms with E-state index < -0.39 is 28.9 Å². The van der Waals surface area contributed by atoms with Gasteiger partial charge >= 0.3 is 12.4 Å². The number of ether oxygens (including phenoxy) is 1. The molecule has 1 amide bonds. The summed E-state index contributed by atoms with van der Waals surface area (Å²) < 4.78 is 89.2. The van der Waals surface area contributed by atoms with Gasteiger partial charge in [-0.3, -0.25) is 4.79 Å². The van der Waals surface area contributed by atoms with Crippen LogP contribution in [0, 0.1) is 0 Å². The van der Waals surface area contributed by atoms with Crippen molar-refractivity contribution in [2.45, 2.75) is 102 Å². The quantitative estimate of drug-likeness (QED) is 0.255. The second kappa shape index (κ2) is 14.8. The van der Waals surface area contributed by atoms with E-state index in [1.165, 1.54) is 25.3 Å². The standard InChI is InChI=1S/C36H47F6N3O2/c1-26(2)47-30-9-6-8-27(22-30)23-33(46)45-18-7-14-34(25-45,28-10-11-31(35(37,38)39)32(24-28)36(40,41)42)15-21-43-19-12-29(13-20-43)44-16-4-3-5-17-44/h6,8-11,22,24,26,29H,3-5,7,12-21,23,25H2,1-2H3/t34-/m1/s1. The van der Waals surface area contributed by atoms with Gasteiger partial charge in [-0.05, 0) is 127 Å². The van der Waals surface area contributed by atoms with E-state index in [1.54, 1.807) is 4.90 Å². The van der Waals surface area contributed by atoms with Crippen molar-refractivity contribution >= 4 is 5.91 Å². The molecule has 5 rings (SSSR count). The van der Waals surface area contributed by atoms with Gasteiger partial charge in [-0.25, -0.2) is 0 Å². The lowest BCUT2D eigenvalue weighted by Crippen LogP contribution is -2.51. The molecule has 3 aliphatic rings. The van der Waals surface area contributed by atoms with Crippen LogP contribution in [-0.4, -0.2) is 78.6 Å². The van der Waals surface area contributed by atoms with Crippen LogP contribution in [0.5, 0.6) is 5.75 Å². The van der Waals surface area contributed by atoms with Gasteiger partial charge in [0.15, 0.2) is 0 Å². The molecule has 0 radical (unpaired) electrons. The zero-order valence-electron chi connectivity index (χ0n) is 27.4. The van der Waals surface area contributed by atoms with E-state index in [-0.39, 0.29) is 30.5 Å². The van der Waals surface area contributed by atoms with Crippen molar-refractivity contribution in [3.05, 3.63) is 64.7 Å². The number of hydrogen-bond donors (Lipinski definition) is 0. The fourth-order valence-electron chi connectivity index (χ4n) is 7.74. The molecule has 5 nitrogen and oxygen atoms in total. The molecule has 3 aliphatic heterocycles. The molecule has 2 aromatic rings. The average Bonchev–Trinajstić information content (AvgIpc) is 3.03. The van der Waals surface area contributed by atoms with Gasteiger partial charge in [0.25, 0.3) is 0 Å². The monoisotopic (exact) mass is 667 g/mol. The lowest BCUT2D eigenvalue weighted by molar-refractivity contribution is -0.162. The van der Waals surface area contributed by atoms with Gasteiger partial charge in [-0.15, -0.1) is 0 Å². The molecule has 1 atom stereocenters. The molecule has 0 aromatic heterocycles. The Morgan fingerprint density at radius 2 is 1.57 bits per heavy atom. The first-order valence-corrected chi connectivity index (χ1v) is 17.0. The van der Waals surface area contributed by atoms with E-state index in [0.29, 0.717) is 56.3 Å². The highest BCUT2D eigenvalue weighted by atomic mass is 19.4. The average molecular weight is 668 g/mol. The maximum Gasteiger partial charge on any atom is 0.417 e. The van der Waals surface area contributed by atoms with Crippen LogP contribution in [0.4, 0.5) is 26.3 Å². The summed E-state index contributed by atoms with van der Waals surface area (Å²) in [6, 6.07) is 10.3. The van der Waals surface area contributed by atoms with Crippen LogP contribution >= 0.6 is 0 Å². The Morgan fingerprint density at radius 1 is 0.872 bits per heavy atom. The zero-order chi connectivity index (χ0) is 33.8. The van der Waals surface area contributed by atoms with Gasteiger partial charge < -0.3 is 19.4 Å². The summed E-state index contributed by atoms with van der Waals surface area (Å²) in [5.74, 6) is 0.479. The van der Waals surface area contributed by atoms with Crippen LogP contribution in [0.3, 0.4) is 0 Å². The van der Waals surface area contributed by atoms with E-state index in [9.17, 15) is 31.1 Å². The number of halogens is 6. The lowest BCUT2D eigenvalue weighted by Gasteiger charge is -2.46. The number of amides is 1. The molecular weight excluding hydrogens is 620 g/mol. The summed E-state index contributed by atoms with van der Waals surface area (Å²) >= 11 is 0. The number of rotatable bonds is 9. The Labute approximate surface area is 274 Å². The molecule has 260 valence electrons. The highest BCUT2D eigenvalue weighted by Gasteiger charge is 2.46. The van der Waals surface area contributed by atoms with Gasteiger partial charge in [0.1, 0.15) is 5.75 Å². The van der Waals surface area contributed by atoms with Crippen LogP contribution in [0.2, 0.25) is 0 Å². The molecule has 0 spiro atoms. The van der Waals surface area contributed by atoms with E-state index in [4.69, 9.17) is 4.74 Å². The highest BCUT2D eigenvalue weighted by molar-refractivity contribution is 5.79. The summed E-state index contributed by atoms with van der Waals surface area (Å²) in [7, 11) is 0. The van der Waals surface area contributed by atoms with Gasteiger partial charge in [-0.2, -0.15) is 26.3 Å². The summed E-state index contributed by atoms with van der Waals surface area (Å²) in [6.07, 6.45) is -3.01. The number of carbonyl (C=O) groups is 1. The topological polar surface area (TPSA) is 36.0 Å². The molecule has 3 heterocycles. The third-order valence-corrected chi connectivity index (χ3v) is 10.2. The SMILES string of the molecule is CC(C)Oc1cccc(CC(=O)N2CCC[C@](CCN3CCC(N4CCCCC4)CC3)(c3ccc(C(F)(F)F)c(C(F)(F)F)c3)C2)c1. The van der Waals surface area contributed by atoms with E-state index in [2.05, 4.69) is 9.80 Å². The molecule has 47 heavy (non-hydrogen) atoms. The Balaban J connectivity index is 1.38. The smallest absolute Gasteiger partial charge is 0.417 e. The summed E-state index contributed by atoms with van der Waals surface area (Å²) in [5.41, 5.74) is -3.30. The minimum Gasteiger partial charge on any atom is -0.491 e. The van der Waals surface area contributed by atoms with Gasteiger partial charge in [0, 0.05) is 24.5 Å². The molecule has 0 bridgehead atoms. The normalized spacial score (nSPS) is 22.5. The Morgan fingerprint density at radius 3 is 2.23 bits per heavy atom. The predicted octanol–water partition coefficient (Wildman–Crippen LogP) is 7.95. The van der Waals surface area contributed by atoms with Gasteiger partial charge in [0.05, 0.1) is 23.7 Å². The molecule has 0 unspecified atom stereocenters. The minimum absolute atomic E-state index is 0.0375. The molecular formula is C36H47F6N3O2. The largest absolute Gasteiger partial charge is 0.491 e. The molecule has 0 saturated carbocycles. The molecule has 0 N–H and O–H groups in total. The fraction of sp³-hybridized carbons (Fsp3) is 0.639. The van der Waals surface area contributed by atoms with Crippen LogP contribution in [0.25, 0.3) is 0 Å². The first-order chi connectivity index (χ1) is 22.2. The Hall–Kier alpha value is -2.79. The number of piperidine rings is 3. The van der Waals surface area contributed by atoms with Crippen molar-refractivity contribution < 1.29 is 35.9 Å². The van der Waals surface area contributed by atoms with Crippen molar-refractivity contribution in [1.82, 2.24) is 14.7 Å². The number of benzene rings is 2. The number of nitrogens with zero attached hydrogens (tertiary/aromatic N) is 3. The van der Waals surface area contributed by atoms with Crippen LogP contribution in [0.1, 0.15) is 87.5 Å². The molecule has 11 heteroatoms. The first kappa shape index (κ1) is 35.5. The maximum absolute atomic E-state index is 14.1. The second-order valence-electron chi connectivity index (χ2n) is 13.9. The molecule has 3 saturated heterocycles. The third-order valence-electron chi connectivity index (χ3n) is 10.2. The Kier molecular flexibility index (Phi) is 11.2. The van der Waals surface area contributed by atoms with Crippen molar-refractivity contribution in [3.8, 4) is 5.75 Å². The second-order valence-corrected chi connectivity index (χ2v) is 13.9. The summed E-state index contributed by atoms with van der Waals surface area (Å²) in [4.78, 5) is 20.3. The number of alkyl halides is 6. The van der Waals surface area contributed by atoms with E-state index in [1.807, 2.05) is 38.1 Å². The maximum atomic E-state index is 14.1. The Bertz CT molecular complexity index is 1350.